The lowest BCUT2D eigenvalue weighted by Crippen LogP contribution is -2.50. The Morgan fingerprint density at radius 1 is 1.16 bits per heavy atom. The van der Waals surface area contributed by atoms with Crippen molar-refractivity contribution in [3.05, 3.63) is 46.8 Å². The molecule has 2 heterocycles. The molecule has 6 rings (SSSR count). The summed E-state index contributed by atoms with van der Waals surface area (Å²) in [5.41, 5.74) is 8.57. The van der Waals surface area contributed by atoms with Crippen LogP contribution in [-0.4, -0.2) is 9.97 Å². The third kappa shape index (κ3) is 2.09. The van der Waals surface area contributed by atoms with Crippen LogP contribution in [0.15, 0.2) is 24.4 Å². The van der Waals surface area contributed by atoms with Crippen LogP contribution in [0.1, 0.15) is 80.7 Å². The summed E-state index contributed by atoms with van der Waals surface area (Å²) in [6, 6.07) is 6.81. The topological polar surface area (TPSA) is 25.8 Å². The van der Waals surface area contributed by atoms with Gasteiger partial charge in [0.25, 0.3) is 0 Å². The summed E-state index contributed by atoms with van der Waals surface area (Å²) in [7, 11) is 0. The highest BCUT2D eigenvalue weighted by atomic mass is 14.8. The van der Waals surface area contributed by atoms with E-state index < -0.39 is 0 Å². The van der Waals surface area contributed by atoms with E-state index >= 15 is 0 Å². The Hall–Kier alpha value is -1.70. The Kier molecular flexibility index (Phi) is 3.36. The van der Waals surface area contributed by atoms with Gasteiger partial charge in [0, 0.05) is 17.8 Å². The lowest BCUT2D eigenvalue weighted by atomic mass is 9.44. The van der Waals surface area contributed by atoms with Crippen LogP contribution in [0.25, 0.3) is 11.4 Å². The summed E-state index contributed by atoms with van der Waals surface area (Å²) in [5.74, 6) is 2.18. The van der Waals surface area contributed by atoms with Crippen molar-refractivity contribution in [2.24, 2.45) is 11.3 Å². The number of rotatable bonds is 3. The zero-order valence-electron chi connectivity index (χ0n) is 15.7. The molecule has 0 spiro atoms. The molecule has 0 aromatic carbocycles. The fraction of sp³-hybridized carbons (Fsp3) is 0.565. The molecule has 4 aliphatic carbocycles. The van der Waals surface area contributed by atoms with Crippen molar-refractivity contribution >= 4 is 0 Å². The van der Waals surface area contributed by atoms with Crippen molar-refractivity contribution in [2.45, 2.75) is 71.1 Å². The second kappa shape index (κ2) is 5.40. The number of fused-ring (bicyclic) bond motifs is 3. The van der Waals surface area contributed by atoms with Crippen LogP contribution in [0.5, 0.6) is 0 Å². The van der Waals surface area contributed by atoms with Crippen LogP contribution in [0.4, 0.5) is 0 Å². The molecule has 2 heteroatoms. The van der Waals surface area contributed by atoms with Crippen LogP contribution in [0, 0.1) is 11.3 Å². The number of aromatic nitrogens is 2. The number of hydrogen-bond donors (Lipinski definition) is 0. The number of unbranched alkanes of at least 4 members (excludes halogenated alkanes) is 1. The first-order valence-corrected chi connectivity index (χ1v) is 10.1. The zero-order chi connectivity index (χ0) is 17.2. The zero-order valence-corrected chi connectivity index (χ0v) is 15.7. The van der Waals surface area contributed by atoms with Crippen molar-refractivity contribution in [1.29, 1.82) is 0 Å². The molecule has 0 radical (unpaired) electrons. The van der Waals surface area contributed by atoms with Crippen LogP contribution in [0.3, 0.4) is 0 Å². The molecule has 1 fully saturated rings. The molecule has 0 unspecified atom stereocenters. The van der Waals surface area contributed by atoms with E-state index in [0.29, 0.717) is 17.3 Å². The molecule has 1 saturated carbocycles. The highest BCUT2D eigenvalue weighted by Crippen LogP contribution is 2.67. The number of pyridine rings is 2. The summed E-state index contributed by atoms with van der Waals surface area (Å²) in [4.78, 5) is 10.0. The molecule has 2 aromatic rings. The third-order valence-corrected chi connectivity index (χ3v) is 7.37. The summed E-state index contributed by atoms with van der Waals surface area (Å²) in [6.45, 7) is 7.28. The van der Waals surface area contributed by atoms with Crippen molar-refractivity contribution < 1.29 is 0 Å². The maximum absolute atomic E-state index is 5.31. The standard InChI is InChI=1S/C23H28N2/c1-4-5-8-16-18-13-19(23(18,2)3)17-12-15-10-9-14-7-6-11-24-20(14)21(15)25-22(16)17/h6-7,11-12,16,18-19H,4-5,8-10,13H2,1-3H3/t16-,18+,19-/m1/s1. The molecule has 0 aliphatic heterocycles. The Labute approximate surface area is 151 Å². The maximum atomic E-state index is 5.31. The normalized spacial score (nSPS) is 27.7. The molecule has 3 atom stereocenters. The molecule has 2 bridgehead atoms. The number of aryl methyl sites for hydroxylation is 2. The third-order valence-electron chi connectivity index (χ3n) is 7.37. The number of nitrogens with zero attached hydrogens (tertiary/aromatic N) is 2. The van der Waals surface area contributed by atoms with Gasteiger partial charge in [-0.25, -0.2) is 0 Å². The molecule has 4 aliphatic rings. The van der Waals surface area contributed by atoms with E-state index in [4.69, 9.17) is 9.97 Å². The number of hydrogen-bond acceptors (Lipinski definition) is 2. The molecule has 130 valence electrons. The van der Waals surface area contributed by atoms with Crippen LogP contribution in [0.2, 0.25) is 0 Å². The van der Waals surface area contributed by atoms with Gasteiger partial charge in [-0.1, -0.05) is 45.7 Å². The van der Waals surface area contributed by atoms with E-state index in [2.05, 4.69) is 39.0 Å². The first kappa shape index (κ1) is 15.5. The minimum Gasteiger partial charge on any atom is -0.254 e. The quantitative estimate of drug-likeness (QED) is 0.725. The van der Waals surface area contributed by atoms with Gasteiger partial charge in [0.05, 0.1) is 11.4 Å². The SMILES string of the molecule is CCCC[C@H]1c2nc3c(cc2[C@H]2C[C@@H]1C2(C)C)CCc1cccnc1-3. The van der Waals surface area contributed by atoms with Crippen molar-refractivity contribution in [3.8, 4) is 11.4 Å². The summed E-state index contributed by atoms with van der Waals surface area (Å²) in [6.07, 6.45) is 9.41. The lowest BCUT2D eigenvalue weighted by Gasteiger charge is -2.60. The van der Waals surface area contributed by atoms with Crippen molar-refractivity contribution in [2.75, 3.05) is 0 Å². The fourth-order valence-electron chi connectivity index (χ4n) is 5.80. The summed E-state index contributed by atoms with van der Waals surface area (Å²) >= 11 is 0. The minimum atomic E-state index is 0.451. The predicted octanol–water partition coefficient (Wildman–Crippen LogP) is 5.66. The van der Waals surface area contributed by atoms with Gasteiger partial charge in [-0.3, -0.25) is 9.97 Å². The summed E-state index contributed by atoms with van der Waals surface area (Å²) < 4.78 is 0. The highest BCUT2D eigenvalue weighted by Gasteiger charge is 2.57. The Morgan fingerprint density at radius 3 is 2.80 bits per heavy atom. The molecular formula is C23H28N2. The summed E-state index contributed by atoms with van der Waals surface area (Å²) in [5, 5.41) is 0. The molecule has 0 amide bonds. The van der Waals surface area contributed by atoms with Gasteiger partial charge >= 0.3 is 0 Å². The van der Waals surface area contributed by atoms with Gasteiger partial charge in [0.2, 0.25) is 0 Å². The molecule has 25 heavy (non-hydrogen) atoms. The van der Waals surface area contributed by atoms with Crippen molar-refractivity contribution in [1.82, 2.24) is 9.97 Å². The lowest BCUT2D eigenvalue weighted by molar-refractivity contribution is -0.0103. The van der Waals surface area contributed by atoms with Crippen LogP contribution < -0.4 is 0 Å². The molecule has 2 nitrogen and oxygen atoms in total. The second-order valence-corrected chi connectivity index (χ2v) is 8.95. The van der Waals surface area contributed by atoms with Crippen molar-refractivity contribution in [3.63, 3.8) is 0 Å². The smallest absolute Gasteiger partial charge is 0.0924 e. The predicted molar refractivity (Wildman–Crippen MR) is 102 cm³/mol. The molecule has 0 saturated heterocycles. The van der Waals surface area contributed by atoms with E-state index in [1.165, 1.54) is 48.2 Å². The minimum absolute atomic E-state index is 0.451. The van der Waals surface area contributed by atoms with E-state index in [-0.39, 0.29) is 0 Å². The van der Waals surface area contributed by atoms with Crippen LogP contribution >= 0.6 is 0 Å². The first-order valence-electron chi connectivity index (χ1n) is 10.1. The second-order valence-electron chi connectivity index (χ2n) is 8.95. The maximum Gasteiger partial charge on any atom is 0.0924 e. The monoisotopic (exact) mass is 332 g/mol. The van der Waals surface area contributed by atoms with E-state index in [1.54, 1.807) is 5.56 Å². The molecule has 2 aromatic heterocycles. The average Bonchev–Trinajstić information content (AvgIpc) is 2.63. The highest BCUT2D eigenvalue weighted by molar-refractivity contribution is 5.67. The Morgan fingerprint density at radius 2 is 2.00 bits per heavy atom. The average molecular weight is 332 g/mol. The van der Waals surface area contributed by atoms with Gasteiger partial charge in [0.15, 0.2) is 0 Å². The Bertz CT molecular complexity index is 836. The van der Waals surface area contributed by atoms with Gasteiger partial charge in [-0.05, 0) is 65.7 Å². The largest absolute Gasteiger partial charge is 0.254 e. The molecule has 0 N–H and O–H groups in total. The van der Waals surface area contributed by atoms with Gasteiger partial charge in [-0.2, -0.15) is 0 Å². The van der Waals surface area contributed by atoms with Gasteiger partial charge < -0.3 is 0 Å². The van der Waals surface area contributed by atoms with Gasteiger partial charge in [0.1, 0.15) is 0 Å². The van der Waals surface area contributed by atoms with E-state index in [1.807, 2.05) is 6.20 Å². The van der Waals surface area contributed by atoms with Crippen LogP contribution in [-0.2, 0) is 12.8 Å². The van der Waals surface area contributed by atoms with E-state index in [0.717, 1.165) is 24.5 Å². The Balaban J connectivity index is 1.66. The van der Waals surface area contributed by atoms with E-state index in [9.17, 15) is 0 Å². The molecular weight excluding hydrogens is 304 g/mol. The fourth-order valence-corrected chi connectivity index (χ4v) is 5.80. The van der Waals surface area contributed by atoms with Gasteiger partial charge in [-0.15, -0.1) is 0 Å². The first-order chi connectivity index (χ1) is 12.1.